The Hall–Kier alpha value is -2.15. The molecule has 22 heavy (non-hydrogen) atoms. The van der Waals surface area contributed by atoms with Gasteiger partial charge in [0.25, 0.3) is 0 Å². The maximum absolute atomic E-state index is 5.46. The monoisotopic (exact) mass is 304 g/mol. The summed E-state index contributed by atoms with van der Waals surface area (Å²) in [5, 5.41) is 11.1. The number of methoxy groups -OCH3 is 1. The van der Waals surface area contributed by atoms with Crippen LogP contribution >= 0.6 is 0 Å². The second-order valence-corrected chi connectivity index (χ2v) is 5.33. The van der Waals surface area contributed by atoms with Crippen molar-refractivity contribution in [1.29, 1.82) is 0 Å². The molecular weight excluding hydrogens is 280 g/mol. The van der Waals surface area contributed by atoms with E-state index in [4.69, 9.17) is 4.74 Å². The van der Waals surface area contributed by atoms with Crippen LogP contribution in [0, 0.1) is 0 Å². The minimum absolute atomic E-state index is 0.364. The summed E-state index contributed by atoms with van der Waals surface area (Å²) in [5.74, 6) is 1.82. The fourth-order valence-corrected chi connectivity index (χ4v) is 2.32. The minimum Gasteiger partial charge on any atom is -0.481 e. The first-order chi connectivity index (χ1) is 10.6. The third kappa shape index (κ3) is 3.94. The molecule has 0 radical (unpaired) electrons. The molecule has 2 rings (SSSR count). The lowest BCUT2D eigenvalue weighted by Crippen LogP contribution is -2.23. The highest BCUT2D eigenvalue weighted by atomic mass is 16.5. The van der Waals surface area contributed by atoms with Crippen LogP contribution in [-0.4, -0.2) is 39.9 Å². The molecule has 2 aromatic rings. The molecule has 0 bridgehead atoms. The Morgan fingerprint density at radius 2 is 1.95 bits per heavy atom. The molecule has 0 spiro atoms. The lowest BCUT2D eigenvalue weighted by Gasteiger charge is -2.09. The standard InChI is InChI=1S/C15H24N6O/c1-11(2)13-12(14(22-4)21(3)20-13)10-16-8-9-19-15-17-6-5-7-18-15/h5-7,11,16H,8-10H2,1-4H3,(H,17,18,19). The first-order valence-corrected chi connectivity index (χ1v) is 7.44. The molecule has 7 nitrogen and oxygen atoms in total. The van der Waals surface area contributed by atoms with Crippen molar-refractivity contribution < 1.29 is 4.74 Å². The predicted molar refractivity (Wildman–Crippen MR) is 86.1 cm³/mol. The lowest BCUT2D eigenvalue weighted by atomic mass is 10.1. The van der Waals surface area contributed by atoms with Crippen molar-refractivity contribution >= 4 is 5.95 Å². The van der Waals surface area contributed by atoms with E-state index >= 15 is 0 Å². The van der Waals surface area contributed by atoms with Crippen LogP contribution in [0.5, 0.6) is 5.88 Å². The van der Waals surface area contributed by atoms with Gasteiger partial charge in [0.05, 0.1) is 18.4 Å². The molecule has 0 aromatic carbocycles. The molecule has 7 heteroatoms. The van der Waals surface area contributed by atoms with E-state index in [-0.39, 0.29) is 0 Å². The van der Waals surface area contributed by atoms with E-state index in [1.807, 2.05) is 7.05 Å². The van der Waals surface area contributed by atoms with Crippen molar-refractivity contribution in [2.24, 2.45) is 7.05 Å². The topological polar surface area (TPSA) is 76.9 Å². The van der Waals surface area contributed by atoms with Crippen LogP contribution in [0.3, 0.4) is 0 Å². The summed E-state index contributed by atoms with van der Waals surface area (Å²) in [4.78, 5) is 8.24. The fourth-order valence-electron chi connectivity index (χ4n) is 2.32. The Bertz CT molecular complexity index is 581. The van der Waals surface area contributed by atoms with Gasteiger partial charge in [-0.25, -0.2) is 14.6 Å². The van der Waals surface area contributed by atoms with Gasteiger partial charge in [0.1, 0.15) is 0 Å². The molecule has 120 valence electrons. The van der Waals surface area contributed by atoms with Crippen LogP contribution in [0.4, 0.5) is 5.95 Å². The van der Waals surface area contributed by atoms with Gasteiger partial charge in [-0.05, 0) is 12.0 Å². The summed E-state index contributed by atoms with van der Waals surface area (Å²) in [7, 11) is 3.58. The zero-order chi connectivity index (χ0) is 15.9. The Labute approximate surface area is 131 Å². The average molecular weight is 304 g/mol. The number of anilines is 1. The van der Waals surface area contributed by atoms with Gasteiger partial charge >= 0.3 is 0 Å². The fraction of sp³-hybridized carbons (Fsp3) is 0.533. The number of ether oxygens (including phenoxy) is 1. The number of aryl methyl sites for hydroxylation is 1. The SMILES string of the molecule is COc1c(CNCCNc2ncccn2)c(C(C)C)nn1C. The van der Waals surface area contributed by atoms with E-state index in [0.717, 1.165) is 36.8 Å². The summed E-state index contributed by atoms with van der Waals surface area (Å²) < 4.78 is 7.25. The highest BCUT2D eigenvalue weighted by molar-refractivity contribution is 5.33. The zero-order valence-corrected chi connectivity index (χ0v) is 13.6. The molecule has 2 N–H and O–H groups in total. The van der Waals surface area contributed by atoms with Gasteiger partial charge in [0.2, 0.25) is 11.8 Å². The maximum Gasteiger partial charge on any atom is 0.222 e. The molecule has 2 heterocycles. The molecule has 0 fully saturated rings. The summed E-state index contributed by atoms with van der Waals surface area (Å²) >= 11 is 0. The molecule has 0 saturated carbocycles. The number of hydrogen-bond donors (Lipinski definition) is 2. The summed E-state index contributed by atoms with van der Waals surface area (Å²) in [6.07, 6.45) is 3.44. The summed E-state index contributed by atoms with van der Waals surface area (Å²) in [6, 6.07) is 1.80. The van der Waals surface area contributed by atoms with E-state index in [0.29, 0.717) is 11.9 Å². The van der Waals surface area contributed by atoms with Crippen LogP contribution in [0.25, 0.3) is 0 Å². The van der Waals surface area contributed by atoms with Gasteiger partial charge in [-0.3, -0.25) is 0 Å². The van der Waals surface area contributed by atoms with Crippen molar-refractivity contribution in [3.8, 4) is 5.88 Å². The third-order valence-electron chi connectivity index (χ3n) is 3.31. The van der Waals surface area contributed by atoms with Gasteiger partial charge in [0.15, 0.2) is 0 Å². The van der Waals surface area contributed by atoms with Crippen LogP contribution in [0.1, 0.15) is 31.0 Å². The molecule has 2 aromatic heterocycles. The van der Waals surface area contributed by atoms with Crippen LogP contribution in [0.2, 0.25) is 0 Å². The number of nitrogens with one attached hydrogen (secondary N) is 2. The Morgan fingerprint density at radius 3 is 2.59 bits per heavy atom. The normalized spacial score (nSPS) is 11.0. The largest absolute Gasteiger partial charge is 0.481 e. The molecule has 0 atom stereocenters. The van der Waals surface area contributed by atoms with Gasteiger partial charge in [0, 0.05) is 39.1 Å². The van der Waals surface area contributed by atoms with Crippen LogP contribution in [0.15, 0.2) is 18.5 Å². The molecule has 0 aliphatic rings. The summed E-state index contributed by atoms with van der Waals surface area (Å²) in [6.45, 7) is 6.55. The Kier molecular flexibility index (Phi) is 5.71. The molecule has 0 aliphatic carbocycles. The number of nitrogens with zero attached hydrogens (tertiary/aromatic N) is 4. The molecular formula is C15H24N6O. The first-order valence-electron chi connectivity index (χ1n) is 7.44. The number of hydrogen-bond acceptors (Lipinski definition) is 6. The smallest absolute Gasteiger partial charge is 0.222 e. The highest BCUT2D eigenvalue weighted by Gasteiger charge is 2.18. The quantitative estimate of drug-likeness (QED) is 0.721. The first kappa shape index (κ1) is 16.2. The average Bonchev–Trinajstić information content (AvgIpc) is 2.84. The van der Waals surface area contributed by atoms with Crippen LogP contribution < -0.4 is 15.4 Å². The third-order valence-corrected chi connectivity index (χ3v) is 3.31. The van der Waals surface area contributed by atoms with Crippen molar-refractivity contribution in [3.05, 3.63) is 29.7 Å². The summed E-state index contributed by atoms with van der Waals surface area (Å²) in [5.41, 5.74) is 2.20. The Morgan fingerprint density at radius 1 is 1.23 bits per heavy atom. The van der Waals surface area contributed by atoms with E-state index in [1.54, 1.807) is 30.3 Å². The molecule has 0 amide bonds. The van der Waals surface area contributed by atoms with E-state index in [9.17, 15) is 0 Å². The Balaban J connectivity index is 1.86. The van der Waals surface area contributed by atoms with E-state index in [2.05, 4.69) is 39.5 Å². The number of aromatic nitrogens is 4. The maximum atomic E-state index is 5.46. The van der Waals surface area contributed by atoms with E-state index in [1.165, 1.54) is 0 Å². The molecule has 0 unspecified atom stereocenters. The number of rotatable bonds is 8. The highest BCUT2D eigenvalue weighted by Crippen LogP contribution is 2.26. The second-order valence-electron chi connectivity index (χ2n) is 5.33. The van der Waals surface area contributed by atoms with Gasteiger partial charge in [-0.2, -0.15) is 5.10 Å². The van der Waals surface area contributed by atoms with Crippen molar-refractivity contribution in [2.45, 2.75) is 26.3 Å². The molecule has 0 aliphatic heterocycles. The van der Waals surface area contributed by atoms with Crippen LogP contribution in [-0.2, 0) is 13.6 Å². The molecule has 0 saturated heterocycles. The second kappa shape index (κ2) is 7.74. The zero-order valence-electron chi connectivity index (χ0n) is 13.6. The lowest BCUT2D eigenvalue weighted by molar-refractivity contribution is 0.368. The van der Waals surface area contributed by atoms with E-state index < -0.39 is 0 Å². The van der Waals surface area contributed by atoms with Crippen molar-refractivity contribution in [1.82, 2.24) is 25.1 Å². The van der Waals surface area contributed by atoms with Gasteiger partial charge < -0.3 is 15.4 Å². The van der Waals surface area contributed by atoms with Crippen molar-refractivity contribution in [2.75, 3.05) is 25.5 Å². The van der Waals surface area contributed by atoms with Gasteiger partial charge in [-0.1, -0.05) is 13.8 Å². The van der Waals surface area contributed by atoms with Gasteiger partial charge in [-0.15, -0.1) is 0 Å². The minimum atomic E-state index is 0.364. The predicted octanol–water partition coefficient (Wildman–Crippen LogP) is 1.54. The van der Waals surface area contributed by atoms with Crippen molar-refractivity contribution in [3.63, 3.8) is 0 Å².